The first-order valence-corrected chi connectivity index (χ1v) is 6.96. The van der Waals surface area contributed by atoms with Gasteiger partial charge in [0.1, 0.15) is 0 Å². The van der Waals surface area contributed by atoms with E-state index in [9.17, 15) is 0 Å². The summed E-state index contributed by atoms with van der Waals surface area (Å²) in [7, 11) is 3.24. The maximum Gasteiger partial charge on any atom is 0.197 e. The highest BCUT2D eigenvalue weighted by molar-refractivity contribution is 6.39. The van der Waals surface area contributed by atoms with E-state index in [1.807, 2.05) is 23.1 Å². The van der Waals surface area contributed by atoms with Gasteiger partial charge in [-0.25, -0.2) is 0 Å². The zero-order valence-corrected chi connectivity index (χ0v) is 12.9. The Labute approximate surface area is 128 Å². The van der Waals surface area contributed by atoms with E-state index in [1.165, 1.54) is 0 Å². The molecule has 0 radical (unpaired) electrons. The van der Waals surface area contributed by atoms with Crippen LogP contribution >= 0.6 is 23.2 Å². The first-order chi connectivity index (χ1) is 9.63. The molecule has 1 unspecified atom stereocenters. The number of ether oxygens (including phenoxy) is 2. The molecule has 6 heteroatoms. The van der Waals surface area contributed by atoms with Crippen molar-refractivity contribution in [3.8, 4) is 11.5 Å². The van der Waals surface area contributed by atoms with Gasteiger partial charge in [0.25, 0.3) is 0 Å². The molecule has 1 aliphatic rings. The molecule has 20 heavy (non-hydrogen) atoms. The van der Waals surface area contributed by atoms with E-state index in [0.717, 1.165) is 30.0 Å². The fourth-order valence-corrected chi connectivity index (χ4v) is 2.33. The predicted octanol–water partition coefficient (Wildman–Crippen LogP) is 3.24. The quantitative estimate of drug-likeness (QED) is 0.618. The summed E-state index contributed by atoms with van der Waals surface area (Å²) in [4.78, 5) is 5.98. The van der Waals surface area contributed by atoms with Crippen molar-refractivity contribution in [1.29, 1.82) is 0 Å². The number of allylic oxidation sites excluding steroid dienone is 1. The minimum absolute atomic E-state index is 0.405. The standard InChI is InChI=1S/C14H16Cl2N2O2/c1-19-12-4-3-10(7-13(12)20-2)5-6-18-9-11(15)8-17-14(18)16/h3-4,7-9,14H,5-6H2,1-2H3. The fraction of sp³-hybridized carbons (Fsp3) is 0.357. The van der Waals surface area contributed by atoms with Crippen molar-refractivity contribution in [1.82, 2.24) is 4.90 Å². The Hall–Kier alpha value is -1.39. The van der Waals surface area contributed by atoms with Crippen molar-refractivity contribution in [3.63, 3.8) is 0 Å². The van der Waals surface area contributed by atoms with E-state index in [1.54, 1.807) is 26.6 Å². The molecule has 1 aromatic carbocycles. The maximum atomic E-state index is 6.10. The molecule has 108 valence electrons. The van der Waals surface area contributed by atoms with E-state index >= 15 is 0 Å². The highest BCUT2D eigenvalue weighted by Gasteiger charge is 2.15. The van der Waals surface area contributed by atoms with Crippen molar-refractivity contribution in [2.24, 2.45) is 4.99 Å². The molecule has 0 saturated carbocycles. The molecule has 4 nitrogen and oxygen atoms in total. The summed E-state index contributed by atoms with van der Waals surface area (Å²) in [6.45, 7) is 0.719. The molecule has 1 heterocycles. The van der Waals surface area contributed by atoms with E-state index in [-0.39, 0.29) is 0 Å². The molecule has 0 aliphatic carbocycles. The van der Waals surface area contributed by atoms with Crippen molar-refractivity contribution < 1.29 is 9.47 Å². The molecular weight excluding hydrogens is 299 g/mol. The predicted molar refractivity (Wildman–Crippen MR) is 82.0 cm³/mol. The van der Waals surface area contributed by atoms with Crippen LogP contribution < -0.4 is 9.47 Å². The van der Waals surface area contributed by atoms with E-state index in [4.69, 9.17) is 32.7 Å². The maximum absolute atomic E-state index is 6.10. The lowest BCUT2D eigenvalue weighted by Gasteiger charge is -2.25. The second-order valence-corrected chi connectivity index (χ2v) is 5.11. The largest absolute Gasteiger partial charge is 0.493 e. The van der Waals surface area contributed by atoms with Gasteiger partial charge in [0.2, 0.25) is 0 Å². The number of aliphatic imine (C=N–C) groups is 1. The molecule has 2 rings (SSSR count). The Morgan fingerprint density at radius 1 is 1.25 bits per heavy atom. The molecule has 0 fully saturated rings. The van der Waals surface area contributed by atoms with Crippen LogP contribution in [0.25, 0.3) is 0 Å². The molecule has 1 aliphatic heterocycles. The van der Waals surface area contributed by atoms with Gasteiger partial charge in [0.15, 0.2) is 17.1 Å². The number of halogens is 2. The summed E-state index contributed by atoms with van der Waals surface area (Å²) in [5.41, 5.74) is 0.725. The van der Waals surface area contributed by atoms with Gasteiger partial charge < -0.3 is 14.4 Å². The minimum atomic E-state index is -0.405. The lowest BCUT2D eigenvalue weighted by Crippen LogP contribution is -2.29. The van der Waals surface area contributed by atoms with Gasteiger partial charge in [-0.15, -0.1) is 0 Å². The van der Waals surface area contributed by atoms with Crippen molar-refractivity contribution in [2.75, 3.05) is 20.8 Å². The van der Waals surface area contributed by atoms with Gasteiger partial charge in [-0.1, -0.05) is 29.3 Å². The molecule has 1 atom stereocenters. The third-order valence-corrected chi connectivity index (χ3v) is 3.55. The average Bonchev–Trinajstić information content (AvgIpc) is 2.47. The average molecular weight is 315 g/mol. The lowest BCUT2D eigenvalue weighted by atomic mass is 10.1. The van der Waals surface area contributed by atoms with Crippen LogP contribution in [0.5, 0.6) is 11.5 Å². The number of nitrogens with zero attached hydrogens (tertiary/aromatic N) is 2. The summed E-state index contributed by atoms with van der Waals surface area (Å²) in [6, 6.07) is 5.85. The smallest absolute Gasteiger partial charge is 0.197 e. The number of alkyl halides is 1. The second kappa shape index (κ2) is 6.86. The molecule has 0 aromatic heterocycles. The van der Waals surface area contributed by atoms with Gasteiger partial charge in [-0.2, -0.15) is 0 Å². The number of benzene rings is 1. The summed E-state index contributed by atoms with van der Waals surface area (Å²) >= 11 is 12.0. The molecule has 1 aromatic rings. The number of methoxy groups -OCH3 is 2. The summed E-state index contributed by atoms with van der Waals surface area (Å²) in [5.74, 6) is 1.44. The zero-order chi connectivity index (χ0) is 14.5. The third-order valence-electron chi connectivity index (χ3n) is 2.99. The number of hydrogen-bond donors (Lipinski definition) is 0. The fourth-order valence-electron chi connectivity index (χ4n) is 1.94. The Morgan fingerprint density at radius 3 is 2.70 bits per heavy atom. The van der Waals surface area contributed by atoms with Gasteiger partial charge >= 0.3 is 0 Å². The SMILES string of the molecule is COc1ccc(CCN2C=C(Cl)C=NC2Cl)cc1OC. The molecule has 0 bridgehead atoms. The van der Waals surface area contributed by atoms with Gasteiger partial charge in [-0.3, -0.25) is 4.99 Å². The molecule has 0 spiro atoms. The first kappa shape index (κ1) is 15.0. The minimum Gasteiger partial charge on any atom is -0.493 e. The third kappa shape index (κ3) is 3.58. The Kier molecular flexibility index (Phi) is 5.15. The van der Waals surface area contributed by atoms with Crippen LogP contribution in [0.1, 0.15) is 5.56 Å². The highest BCUT2D eigenvalue weighted by atomic mass is 35.5. The van der Waals surface area contributed by atoms with Crippen LogP contribution in [-0.4, -0.2) is 37.5 Å². The van der Waals surface area contributed by atoms with Crippen molar-refractivity contribution >= 4 is 29.4 Å². The van der Waals surface area contributed by atoms with E-state index in [2.05, 4.69) is 4.99 Å². The van der Waals surface area contributed by atoms with E-state index in [0.29, 0.717) is 5.03 Å². The Morgan fingerprint density at radius 2 is 2.00 bits per heavy atom. The Bertz CT molecular complexity index is 532. The molecule has 0 N–H and O–H groups in total. The van der Waals surface area contributed by atoms with Crippen LogP contribution in [0.2, 0.25) is 0 Å². The monoisotopic (exact) mass is 314 g/mol. The van der Waals surface area contributed by atoms with Gasteiger partial charge in [-0.05, 0) is 24.1 Å². The summed E-state index contributed by atoms with van der Waals surface area (Å²) in [5, 5.41) is 0.578. The lowest BCUT2D eigenvalue weighted by molar-refractivity contribution is 0.349. The second-order valence-electron chi connectivity index (χ2n) is 4.28. The van der Waals surface area contributed by atoms with Crippen LogP contribution in [0.3, 0.4) is 0 Å². The topological polar surface area (TPSA) is 34.1 Å². The van der Waals surface area contributed by atoms with Crippen LogP contribution in [-0.2, 0) is 6.42 Å². The van der Waals surface area contributed by atoms with Crippen molar-refractivity contribution in [2.45, 2.75) is 12.0 Å². The molecular formula is C14H16Cl2N2O2. The first-order valence-electron chi connectivity index (χ1n) is 6.15. The normalized spacial score (nSPS) is 17.9. The summed E-state index contributed by atoms with van der Waals surface area (Å²) in [6.07, 6.45) is 4.17. The highest BCUT2D eigenvalue weighted by Crippen LogP contribution is 2.28. The van der Waals surface area contributed by atoms with Crippen LogP contribution in [0.4, 0.5) is 0 Å². The van der Waals surface area contributed by atoms with Gasteiger partial charge in [0, 0.05) is 19.0 Å². The summed E-state index contributed by atoms with van der Waals surface area (Å²) < 4.78 is 10.5. The number of rotatable bonds is 5. The molecule has 0 amide bonds. The number of hydrogen-bond acceptors (Lipinski definition) is 4. The van der Waals surface area contributed by atoms with Crippen LogP contribution in [0.15, 0.2) is 34.4 Å². The Balaban J connectivity index is 2.02. The van der Waals surface area contributed by atoms with Crippen LogP contribution in [0, 0.1) is 0 Å². The molecule has 0 saturated heterocycles. The van der Waals surface area contributed by atoms with Crippen molar-refractivity contribution in [3.05, 3.63) is 35.0 Å². The zero-order valence-electron chi connectivity index (χ0n) is 11.3. The van der Waals surface area contributed by atoms with Gasteiger partial charge in [0.05, 0.1) is 19.3 Å². The van der Waals surface area contributed by atoms with E-state index < -0.39 is 5.62 Å².